The van der Waals surface area contributed by atoms with E-state index in [1.165, 1.54) is 0 Å². The lowest BCUT2D eigenvalue weighted by atomic mass is 10.2. The first kappa shape index (κ1) is 14.1. The largest absolute Gasteiger partial charge is 0.378 e. The maximum absolute atomic E-state index is 13.6. The van der Waals surface area contributed by atoms with Crippen LogP contribution in [0.1, 0.15) is 18.9 Å². The van der Waals surface area contributed by atoms with Crippen LogP contribution in [0.5, 0.6) is 0 Å². The molecule has 0 bridgehead atoms. The van der Waals surface area contributed by atoms with Crippen LogP contribution >= 0.6 is 15.9 Å². The van der Waals surface area contributed by atoms with Gasteiger partial charge in [-0.25, -0.2) is 8.78 Å². The molecule has 1 aromatic heterocycles. The second-order valence-corrected chi connectivity index (χ2v) is 5.21. The zero-order chi connectivity index (χ0) is 13.8. The Morgan fingerprint density at radius 2 is 2.05 bits per heavy atom. The van der Waals surface area contributed by atoms with Gasteiger partial charge in [0.05, 0.1) is 10.2 Å². The molecule has 1 heterocycles. The molecule has 1 N–H and O–H groups in total. The van der Waals surface area contributed by atoms with Gasteiger partial charge in [0.1, 0.15) is 11.6 Å². The van der Waals surface area contributed by atoms with E-state index in [-0.39, 0.29) is 10.2 Å². The summed E-state index contributed by atoms with van der Waals surface area (Å²) in [6, 6.07) is 4.25. The van der Waals surface area contributed by atoms with E-state index in [0.717, 1.165) is 30.7 Å². The number of halogens is 3. The number of rotatable bonds is 5. The first-order valence-corrected chi connectivity index (χ1v) is 6.92. The summed E-state index contributed by atoms with van der Waals surface area (Å²) < 4.78 is 29.1. The van der Waals surface area contributed by atoms with Gasteiger partial charge in [-0.1, -0.05) is 6.92 Å². The van der Waals surface area contributed by atoms with Crippen LogP contribution in [0, 0.1) is 11.6 Å². The molecular formula is C14H15BrF2N2. The summed E-state index contributed by atoms with van der Waals surface area (Å²) in [5.74, 6) is -0.950. The van der Waals surface area contributed by atoms with Gasteiger partial charge >= 0.3 is 0 Å². The van der Waals surface area contributed by atoms with E-state index < -0.39 is 11.6 Å². The van der Waals surface area contributed by atoms with E-state index in [1.54, 1.807) is 0 Å². The Bertz CT molecular complexity index is 567. The minimum Gasteiger partial charge on any atom is -0.378 e. The van der Waals surface area contributed by atoms with Crippen molar-refractivity contribution in [2.75, 3.05) is 5.32 Å². The molecule has 0 saturated heterocycles. The zero-order valence-corrected chi connectivity index (χ0v) is 12.2. The van der Waals surface area contributed by atoms with E-state index in [1.807, 2.05) is 18.5 Å². The SMILES string of the molecule is CCCn1ccc(CNc2cc(F)c(Br)cc2F)c1. The topological polar surface area (TPSA) is 17.0 Å². The molecule has 0 aliphatic rings. The van der Waals surface area contributed by atoms with E-state index in [9.17, 15) is 8.78 Å². The first-order chi connectivity index (χ1) is 9.10. The van der Waals surface area contributed by atoms with Gasteiger partial charge in [0.25, 0.3) is 0 Å². The molecule has 2 nitrogen and oxygen atoms in total. The van der Waals surface area contributed by atoms with Crippen molar-refractivity contribution < 1.29 is 8.78 Å². The summed E-state index contributed by atoms with van der Waals surface area (Å²) in [5.41, 5.74) is 1.21. The van der Waals surface area contributed by atoms with Gasteiger partial charge in [-0.05, 0) is 40.0 Å². The van der Waals surface area contributed by atoms with Gasteiger partial charge in [-0.3, -0.25) is 0 Å². The Kier molecular flexibility index (Phi) is 4.58. The highest BCUT2D eigenvalue weighted by atomic mass is 79.9. The second-order valence-electron chi connectivity index (χ2n) is 4.36. The van der Waals surface area contributed by atoms with Gasteiger partial charge < -0.3 is 9.88 Å². The Morgan fingerprint density at radius 1 is 1.26 bits per heavy atom. The first-order valence-electron chi connectivity index (χ1n) is 6.13. The number of hydrogen-bond donors (Lipinski definition) is 1. The third-order valence-corrected chi connectivity index (χ3v) is 3.39. The van der Waals surface area contributed by atoms with Crippen LogP contribution < -0.4 is 5.32 Å². The van der Waals surface area contributed by atoms with Crippen LogP contribution in [-0.4, -0.2) is 4.57 Å². The van der Waals surface area contributed by atoms with Gasteiger partial charge in [0.2, 0.25) is 0 Å². The average Bonchev–Trinajstić information content (AvgIpc) is 2.80. The summed E-state index contributed by atoms with van der Waals surface area (Å²) in [6.45, 7) is 3.54. The molecule has 0 saturated carbocycles. The van der Waals surface area contributed by atoms with Crippen LogP contribution in [-0.2, 0) is 13.1 Å². The van der Waals surface area contributed by atoms with Crippen molar-refractivity contribution in [2.24, 2.45) is 0 Å². The second kappa shape index (κ2) is 6.19. The molecule has 0 radical (unpaired) electrons. The van der Waals surface area contributed by atoms with E-state index in [2.05, 4.69) is 32.7 Å². The molecule has 5 heteroatoms. The van der Waals surface area contributed by atoms with Crippen molar-refractivity contribution in [2.45, 2.75) is 26.4 Å². The predicted octanol–water partition coefficient (Wildman–Crippen LogP) is 4.55. The van der Waals surface area contributed by atoms with Crippen LogP contribution in [0.25, 0.3) is 0 Å². The van der Waals surface area contributed by atoms with Crippen LogP contribution in [0.2, 0.25) is 0 Å². The van der Waals surface area contributed by atoms with Crippen molar-refractivity contribution in [3.8, 4) is 0 Å². The average molecular weight is 329 g/mol. The molecule has 2 rings (SSSR count). The lowest BCUT2D eigenvalue weighted by Crippen LogP contribution is -2.02. The molecule has 0 aliphatic heterocycles. The van der Waals surface area contributed by atoms with Crippen molar-refractivity contribution in [1.82, 2.24) is 4.57 Å². The predicted molar refractivity (Wildman–Crippen MR) is 76.1 cm³/mol. The Balaban J connectivity index is 2.03. The smallest absolute Gasteiger partial charge is 0.147 e. The number of benzene rings is 1. The van der Waals surface area contributed by atoms with E-state index in [0.29, 0.717) is 6.54 Å². The summed E-state index contributed by atoms with van der Waals surface area (Å²) >= 11 is 2.95. The van der Waals surface area contributed by atoms with E-state index in [4.69, 9.17) is 0 Å². The van der Waals surface area contributed by atoms with Crippen molar-refractivity contribution in [3.05, 3.63) is 52.3 Å². The molecule has 2 aromatic rings. The molecule has 0 atom stereocenters. The summed E-state index contributed by atoms with van der Waals surface area (Å²) in [4.78, 5) is 0. The van der Waals surface area contributed by atoms with Crippen LogP contribution in [0.3, 0.4) is 0 Å². The Hall–Kier alpha value is -1.36. The van der Waals surface area contributed by atoms with Crippen molar-refractivity contribution >= 4 is 21.6 Å². The maximum Gasteiger partial charge on any atom is 0.147 e. The number of anilines is 1. The third kappa shape index (κ3) is 3.56. The minimum atomic E-state index is -0.479. The third-order valence-electron chi connectivity index (χ3n) is 2.79. The molecule has 0 aliphatic carbocycles. The Labute approximate surface area is 119 Å². The summed E-state index contributed by atoms with van der Waals surface area (Å²) in [5, 5.41) is 2.90. The number of hydrogen-bond acceptors (Lipinski definition) is 1. The number of nitrogens with zero attached hydrogens (tertiary/aromatic N) is 1. The fourth-order valence-electron chi connectivity index (χ4n) is 1.85. The molecule has 0 spiro atoms. The standard InChI is InChI=1S/C14H15BrF2N2/c1-2-4-19-5-3-10(9-19)8-18-14-7-12(16)11(15)6-13(14)17/h3,5-7,9,18H,2,4,8H2,1H3. The highest BCUT2D eigenvalue weighted by Gasteiger charge is 2.08. The summed E-state index contributed by atoms with van der Waals surface area (Å²) in [6.07, 6.45) is 5.05. The van der Waals surface area contributed by atoms with Crippen molar-refractivity contribution in [3.63, 3.8) is 0 Å². The highest BCUT2D eigenvalue weighted by molar-refractivity contribution is 9.10. The fraction of sp³-hybridized carbons (Fsp3) is 0.286. The quantitative estimate of drug-likeness (QED) is 0.796. The maximum atomic E-state index is 13.6. The molecule has 102 valence electrons. The number of aryl methyl sites for hydroxylation is 1. The highest BCUT2D eigenvalue weighted by Crippen LogP contribution is 2.23. The fourth-order valence-corrected chi connectivity index (χ4v) is 2.16. The minimum absolute atomic E-state index is 0.129. The number of aromatic nitrogens is 1. The Morgan fingerprint density at radius 3 is 2.79 bits per heavy atom. The lowest BCUT2D eigenvalue weighted by Gasteiger charge is -2.07. The lowest BCUT2D eigenvalue weighted by molar-refractivity contribution is 0.596. The van der Waals surface area contributed by atoms with Gasteiger partial charge in [0.15, 0.2) is 0 Å². The van der Waals surface area contributed by atoms with E-state index >= 15 is 0 Å². The molecule has 0 fully saturated rings. The molecular weight excluding hydrogens is 314 g/mol. The van der Waals surface area contributed by atoms with Gasteiger partial charge in [0, 0.05) is 31.5 Å². The molecule has 19 heavy (non-hydrogen) atoms. The zero-order valence-electron chi connectivity index (χ0n) is 10.6. The van der Waals surface area contributed by atoms with Gasteiger partial charge in [-0.15, -0.1) is 0 Å². The van der Waals surface area contributed by atoms with Crippen molar-refractivity contribution in [1.29, 1.82) is 0 Å². The monoisotopic (exact) mass is 328 g/mol. The number of nitrogens with one attached hydrogen (secondary N) is 1. The summed E-state index contributed by atoms with van der Waals surface area (Å²) in [7, 11) is 0. The van der Waals surface area contributed by atoms with Gasteiger partial charge in [-0.2, -0.15) is 0 Å². The normalized spacial score (nSPS) is 10.7. The molecule has 1 aromatic carbocycles. The van der Waals surface area contributed by atoms with Crippen LogP contribution in [0.15, 0.2) is 35.1 Å². The van der Waals surface area contributed by atoms with Crippen LogP contribution in [0.4, 0.5) is 14.5 Å². The molecule has 0 amide bonds. The molecule has 0 unspecified atom stereocenters.